The number of fused-ring (bicyclic) bond motifs is 1. The zero-order valence-corrected chi connectivity index (χ0v) is 17.1. The van der Waals surface area contributed by atoms with E-state index in [0.29, 0.717) is 5.56 Å². The number of aryl methyl sites for hydroxylation is 2. The summed E-state index contributed by atoms with van der Waals surface area (Å²) in [4.78, 5) is 14.6. The van der Waals surface area contributed by atoms with Crippen LogP contribution in [0.3, 0.4) is 0 Å². The van der Waals surface area contributed by atoms with Crippen molar-refractivity contribution in [1.82, 2.24) is 0 Å². The summed E-state index contributed by atoms with van der Waals surface area (Å²) in [6.45, 7) is 3.39. The lowest BCUT2D eigenvalue weighted by Crippen LogP contribution is -2.51. The molecule has 0 N–H and O–H groups in total. The first kappa shape index (κ1) is 20.0. The van der Waals surface area contributed by atoms with E-state index in [2.05, 4.69) is 0 Å². The van der Waals surface area contributed by atoms with Crippen LogP contribution in [-0.4, -0.2) is 14.4 Å². The summed E-state index contributed by atoms with van der Waals surface area (Å²) in [7, 11) is -4.17. The van der Waals surface area contributed by atoms with Gasteiger partial charge in [-0.1, -0.05) is 29.8 Å². The summed E-state index contributed by atoms with van der Waals surface area (Å²) in [5, 5.41) is 0. The smallest absolute Gasteiger partial charge is 0.287 e. The molecule has 154 valence electrons. The fourth-order valence-corrected chi connectivity index (χ4v) is 5.27. The molecular weight excluding hydrogens is 410 g/mol. The van der Waals surface area contributed by atoms with Gasteiger partial charge in [0.05, 0.1) is 17.9 Å². The second kappa shape index (κ2) is 7.21. The zero-order chi connectivity index (χ0) is 21.6. The zero-order valence-electron chi connectivity index (χ0n) is 16.3. The van der Waals surface area contributed by atoms with Crippen molar-refractivity contribution in [3.63, 3.8) is 0 Å². The quantitative estimate of drug-likeness (QED) is 0.595. The summed E-state index contributed by atoms with van der Waals surface area (Å²) in [5.41, 5.74) is 2.13. The molecule has 2 amide bonds. The average molecular weight is 428 g/mol. The number of para-hydroxylation sites is 1. The van der Waals surface area contributed by atoms with E-state index in [-0.39, 0.29) is 28.4 Å². The molecule has 5 nitrogen and oxygen atoms in total. The van der Waals surface area contributed by atoms with Gasteiger partial charge in [-0.05, 0) is 55.3 Å². The predicted octanol–water partition coefficient (Wildman–Crippen LogP) is 4.92. The van der Waals surface area contributed by atoms with E-state index in [1.54, 1.807) is 37.3 Å². The van der Waals surface area contributed by atoms with Gasteiger partial charge in [-0.25, -0.2) is 22.0 Å². The Morgan fingerprint density at radius 1 is 0.867 bits per heavy atom. The van der Waals surface area contributed by atoms with Gasteiger partial charge >= 0.3 is 6.03 Å². The summed E-state index contributed by atoms with van der Waals surface area (Å²) in [6, 6.07) is 13.3. The molecule has 1 heterocycles. The van der Waals surface area contributed by atoms with Crippen molar-refractivity contribution in [3.05, 3.63) is 89.0 Å². The Bertz CT molecular complexity index is 1250. The second-order valence-electron chi connectivity index (χ2n) is 7.17. The highest BCUT2D eigenvalue weighted by Crippen LogP contribution is 2.39. The van der Waals surface area contributed by atoms with Crippen LogP contribution in [-0.2, 0) is 16.6 Å². The monoisotopic (exact) mass is 428 g/mol. The van der Waals surface area contributed by atoms with E-state index in [1.807, 2.05) is 6.92 Å². The molecule has 0 spiro atoms. The van der Waals surface area contributed by atoms with Gasteiger partial charge in [-0.2, -0.15) is 4.31 Å². The highest BCUT2D eigenvalue weighted by molar-refractivity contribution is 7.94. The molecule has 0 fully saturated rings. The topological polar surface area (TPSA) is 57.7 Å². The summed E-state index contributed by atoms with van der Waals surface area (Å²) >= 11 is 0. The number of halogens is 2. The molecule has 0 atom stereocenters. The lowest BCUT2D eigenvalue weighted by molar-refractivity contribution is 0.253. The molecule has 0 radical (unpaired) electrons. The molecule has 0 aliphatic carbocycles. The first-order chi connectivity index (χ1) is 14.2. The third kappa shape index (κ3) is 3.33. The van der Waals surface area contributed by atoms with Gasteiger partial charge in [0.2, 0.25) is 0 Å². The van der Waals surface area contributed by atoms with Crippen molar-refractivity contribution in [3.8, 4) is 0 Å². The number of benzene rings is 3. The number of amides is 2. The number of rotatable bonds is 3. The number of nitrogens with zero attached hydrogens (tertiary/aromatic N) is 2. The molecule has 30 heavy (non-hydrogen) atoms. The highest BCUT2D eigenvalue weighted by atomic mass is 32.2. The van der Waals surface area contributed by atoms with Crippen LogP contribution in [0.25, 0.3) is 0 Å². The highest BCUT2D eigenvalue weighted by Gasteiger charge is 2.42. The lowest BCUT2D eigenvalue weighted by atomic mass is 10.1. The van der Waals surface area contributed by atoms with Gasteiger partial charge in [0, 0.05) is 6.07 Å². The van der Waals surface area contributed by atoms with Crippen molar-refractivity contribution < 1.29 is 22.0 Å². The van der Waals surface area contributed by atoms with Gasteiger partial charge in [0.1, 0.15) is 16.5 Å². The van der Waals surface area contributed by atoms with E-state index < -0.39 is 27.7 Å². The summed E-state index contributed by atoms with van der Waals surface area (Å²) < 4.78 is 54.7. The normalized spacial score (nSPS) is 15.3. The molecule has 3 aromatic carbocycles. The molecule has 4 rings (SSSR count). The molecule has 1 aliphatic rings. The number of anilines is 2. The number of hydrogen-bond donors (Lipinski definition) is 0. The Balaban J connectivity index is 1.89. The van der Waals surface area contributed by atoms with E-state index >= 15 is 0 Å². The Labute approximate surface area is 173 Å². The van der Waals surface area contributed by atoms with Crippen LogP contribution in [0.15, 0.2) is 65.6 Å². The van der Waals surface area contributed by atoms with Crippen LogP contribution < -0.4 is 9.21 Å². The Morgan fingerprint density at radius 3 is 2.20 bits per heavy atom. The Morgan fingerprint density at radius 2 is 1.53 bits per heavy atom. The Hall–Kier alpha value is -3.26. The molecule has 0 aromatic heterocycles. The van der Waals surface area contributed by atoms with E-state index in [1.165, 1.54) is 17.0 Å². The third-order valence-electron chi connectivity index (χ3n) is 4.91. The first-order valence-corrected chi connectivity index (χ1v) is 10.6. The molecule has 1 aliphatic heterocycles. The lowest BCUT2D eigenvalue weighted by Gasteiger charge is -2.36. The molecular formula is C22H18F2N2O3S. The van der Waals surface area contributed by atoms with Crippen LogP contribution in [0.1, 0.15) is 16.7 Å². The van der Waals surface area contributed by atoms with E-state index in [9.17, 15) is 22.0 Å². The van der Waals surface area contributed by atoms with Crippen molar-refractivity contribution in [2.75, 3.05) is 9.21 Å². The van der Waals surface area contributed by atoms with Gasteiger partial charge < -0.3 is 0 Å². The largest absolute Gasteiger partial charge is 0.343 e. The molecule has 0 bridgehead atoms. The summed E-state index contributed by atoms with van der Waals surface area (Å²) in [5.74, 6) is -1.55. The molecule has 3 aromatic rings. The van der Waals surface area contributed by atoms with Crippen molar-refractivity contribution in [1.29, 1.82) is 0 Å². The minimum Gasteiger partial charge on any atom is -0.287 e. The molecule has 0 saturated carbocycles. The third-order valence-corrected chi connectivity index (χ3v) is 6.65. The summed E-state index contributed by atoms with van der Waals surface area (Å²) in [6.07, 6.45) is 0. The van der Waals surface area contributed by atoms with Gasteiger partial charge in [-0.15, -0.1) is 0 Å². The number of carbonyl (C=O) groups excluding carboxylic acids is 1. The first-order valence-electron chi connectivity index (χ1n) is 9.16. The van der Waals surface area contributed by atoms with Crippen molar-refractivity contribution in [2.45, 2.75) is 25.3 Å². The van der Waals surface area contributed by atoms with Crippen LogP contribution >= 0.6 is 0 Å². The van der Waals surface area contributed by atoms with Gasteiger partial charge in [0.15, 0.2) is 0 Å². The standard InChI is InChI=1S/C22H18F2N2O3S/c1-14-7-8-19(15(2)9-14)26-22(27)25(13-16-10-17(23)12-18(24)11-16)20-5-3-4-6-21(20)30(26,28)29/h3-12H,13H2,1-2H3. The van der Waals surface area contributed by atoms with Crippen LogP contribution in [0, 0.1) is 25.5 Å². The number of carbonyl (C=O) groups is 1. The van der Waals surface area contributed by atoms with Gasteiger partial charge in [-0.3, -0.25) is 4.90 Å². The maximum Gasteiger partial charge on any atom is 0.343 e. The minimum atomic E-state index is -4.17. The van der Waals surface area contributed by atoms with E-state index in [4.69, 9.17) is 0 Å². The SMILES string of the molecule is Cc1ccc(N2C(=O)N(Cc3cc(F)cc(F)c3)c3ccccc3S2(=O)=O)c(C)c1. The molecule has 0 saturated heterocycles. The van der Waals surface area contributed by atoms with Crippen molar-refractivity contribution >= 4 is 27.4 Å². The fourth-order valence-electron chi connectivity index (χ4n) is 3.62. The van der Waals surface area contributed by atoms with Crippen LogP contribution in [0.2, 0.25) is 0 Å². The predicted molar refractivity (Wildman–Crippen MR) is 110 cm³/mol. The average Bonchev–Trinajstić information content (AvgIpc) is 2.66. The maximum atomic E-state index is 13.7. The second-order valence-corrected chi connectivity index (χ2v) is 8.93. The van der Waals surface area contributed by atoms with Crippen molar-refractivity contribution in [2.24, 2.45) is 0 Å². The number of sulfonamides is 1. The molecule has 0 unspecified atom stereocenters. The van der Waals surface area contributed by atoms with E-state index in [0.717, 1.165) is 28.1 Å². The molecule has 8 heteroatoms. The fraction of sp³-hybridized carbons (Fsp3) is 0.136. The number of urea groups is 1. The van der Waals surface area contributed by atoms with Crippen LogP contribution in [0.4, 0.5) is 25.0 Å². The van der Waals surface area contributed by atoms with Gasteiger partial charge in [0.25, 0.3) is 10.0 Å². The Kier molecular flexibility index (Phi) is 4.82. The van der Waals surface area contributed by atoms with Crippen LogP contribution in [0.5, 0.6) is 0 Å². The maximum absolute atomic E-state index is 13.7. The number of hydrogen-bond acceptors (Lipinski definition) is 3. The minimum absolute atomic E-state index is 0.0542.